The summed E-state index contributed by atoms with van der Waals surface area (Å²) in [6.45, 7) is 0.602. The average Bonchev–Trinajstić information content (AvgIpc) is 2.84. The second kappa shape index (κ2) is 4.70. The zero-order valence-electron chi connectivity index (χ0n) is 10.3. The van der Waals surface area contributed by atoms with E-state index in [1.165, 1.54) is 11.5 Å². The third-order valence-electron chi connectivity index (χ3n) is 3.27. The monoisotopic (exact) mass is 257 g/mol. The number of methoxy groups -OCH3 is 1. The van der Waals surface area contributed by atoms with Gasteiger partial charge in [0.1, 0.15) is 0 Å². The first-order valence-electron chi connectivity index (χ1n) is 5.78. The van der Waals surface area contributed by atoms with Crippen LogP contribution in [0.25, 0.3) is 0 Å². The number of ether oxygens (including phenoxy) is 1. The van der Waals surface area contributed by atoms with Gasteiger partial charge in [-0.1, -0.05) is 12.8 Å². The Balaban J connectivity index is 2.11. The molecule has 0 spiro atoms. The van der Waals surface area contributed by atoms with Crippen LogP contribution in [0.3, 0.4) is 0 Å². The lowest BCUT2D eigenvalue weighted by Gasteiger charge is -2.29. The lowest BCUT2D eigenvalue weighted by atomic mass is 10.0. The van der Waals surface area contributed by atoms with Gasteiger partial charge in [-0.05, 0) is 24.4 Å². The molecule has 96 valence electrons. The highest BCUT2D eigenvalue weighted by atomic mass is 32.1. The molecule has 1 aromatic rings. The Kier molecular flexibility index (Phi) is 3.44. The van der Waals surface area contributed by atoms with E-state index in [1.807, 2.05) is 11.9 Å². The van der Waals surface area contributed by atoms with Crippen LogP contribution in [-0.4, -0.2) is 35.8 Å². The Morgan fingerprint density at radius 3 is 2.76 bits per heavy atom. The van der Waals surface area contributed by atoms with Crippen molar-refractivity contribution in [1.82, 2.24) is 4.37 Å². The summed E-state index contributed by atoms with van der Waals surface area (Å²) >= 11 is 1.31. The second-order valence-electron chi connectivity index (χ2n) is 4.69. The number of likely N-dealkylation sites (N-methyl/N-ethyl adjacent to an activating group) is 1. The van der Waals surface area contributed by atoms with Crippen LogP contribution in [0.5, 0.6) is 5.75 Å². The van der Waals surface area contributed by atoms with Gasteiger partial charge in [-0.15, -0.1) is 0 Å². The van der Waals surface area contributed by atoms with Crippen LogP contribution in [0.4, 0.5) is 10.8 Å². The maximum Gasteiger partial charge on any atom is 0.197 e. The van der Waals surface area contributed by atoms with Crippen molar-refractivity contribution in [3.8, 4) is 5.75 Å². The number of aliphatic hydroxyl groups is 1. The summed E-state index contributed by atoms with van der Waals surface area (Å²) in [5.74, 6) is 1.02. The van der Waals surface area contributed by atoms with Gasteiger partial charge in [0, 0.05) is 13.6 Å². The fraction of sp³-hybridized carbons (Fsp3) is 0.727. The van der Waals surface area contributed by atoms with Crippen LogP contribution in [0, 0.1) is 0 Å². The highest BCUT2D eigenvalue weighted by Crippen LogP contribution is 2.39. The molecule has 0 unspecified atom stereocenters. The van der Waals surface area contributed by atoms with Gasteiger partial charge in [-0.2, -0.15) is 4.37 Å². The van der Waals surface area contributed by atoms with Crippen molar-refractivity contribution >= 4 is 22.4 Å². The molecule has 0 bridgehead atoms. The van der Waals surface area contributed by atoms with E-state index in [1.54, 1.807) is 7.11 Å². The first-order valence-corrected chi connectivity index (χ1v) is 6.56. The minimum atomic E-state index is -0.571. The van der Waals surface area contributed by atoms with Crippen LogP contribution in [0.1, 0.15) is 25.7 Å². The van der Waals surface area contributed by atoms with Crippen molar-refractivity contribution in [1.29, 1.82) is 0 Å². The SMILES string of the molecule is COc1c(N)nsc1N(C)CC1(O)CCCC1. The molecule has 5 nitrogen and oxygen atoms in total. The number of hydrogen-bond donors (Lipinski definition) is 2. The predicted molar refractivity (Wildman–Crippen MR) is 69.8 cm³/mol. The molecule has 0 saturated heterocycles. The van der Waals surface area contributed by atoms with Gasteiger partial charge in [-0.3, -0.25) is 0 Å². The summed E-state index contributed by atoms with van der Waals surface area (Å²) in [6.07, 6.45) is 3.94. The molecule has 1 heterocycles. The molecule has 0 atom stereocenters. The molecule has 2 rings (SSSR count). The summed E-state index contributed by atoms with van der Waals surface area (Å²) in [5.41, 5.74) is 5.15. The molecular weight excluding hydrogens is 238 g/mol. The van der Waals surface area contributed by atoms with Crippen molar-refractivity contribution in [3.05, 3.63) is 0 Å². The summed E-state index contributed by atoms with van der Waals surface area (Å²) in [6, 6.07) is 0. The van der Waals surface area contributed by atoms with E-state index in [4.69, 9.17) is 10.5 Å². The highest BCUT2D eigenvalue weighted by molar-refractivity contribution is 7.11. The van der Waals surface area contributed by atoms with Crippen molar-refractivity contribution in [2.45, 2.75) is 31.3 Å². The largest absolute Gasteiger partial charge is 0.490 e. The Morgan fingerprint density at radius 2 is 2.18 bits per heavy atom. The lowest BCUT2D eigenvalue weighted by molar-refractivity contribution is 0.0560. The Hall–Kier alpha value is -1.01. The summed E-state index contributed by atoms with van der Waals surface area (Å²) in [7, 11) is 3.52. The van der Waals surface area contributed by atoms with E-state index in [2.05, 4.69) is 4.37 Å². The summed E-state index contributed by atoms with van der Waals surface area (Å²) in [4.78, 5) is 1.98. The van der Waals surface area contributed by atoms with Gasteiger partial charge in [0.25, 0.3) is 0 Å². The molecule has 1 aromatic heterocycles. The van der Waals surface area contributed by atoms with E-state index in [0.717, 1.165) is 30.7 Å². The molecule has 1 aliphatic rings. The molecule has 1 saturated carbocycles. The van der Waals surface area contributed by atoms with E-state index >= 15 is 0 Å². The van der Waals surface area contributed by atoms with Crippen LogP contribution >= 0.6 is 11.5 Å². The van der Waals surface area contributed by atoms with Crippen molar-refractivity contribution in [2.24, 2.45) is 0 Å². The van der Waals surface area contributed by atoms with Gasteiger partial charge in [0.2, 0.25) is 0 Å². The first kappa shape index (κ1) is 12.4. The zero-order valence-corrected chi connectivity index (χ0v) is 11.1. The minimum absolute atomic E-state index is 0.415. The van der Waals surface area contributed by atoms with Crippen molar-refractivity contribution in [2.75, 3.05) is 31.3 Å². The number of nitrogens with zero attached hydrogens (tertiary/aromatic N) is 2. The maximum atomic E-state index is 10.4. The highest BCUT2D eigenvalue weighted by Gasteiger charge is 2.33. The Bertz CT molecular complexity index is 388. The van der Waals surface area contributed by atoms with Gasteiger partial charge in [-0.25, -0.2) is 0 Å². The average molecular weight is 257 g/mol. The molecule has 1 fully saturated rings. The number of aromatic nitrogens is 1. The molecule has 3 N–H and O–H groups in total. The first-order chi connectivity index (χ1) is 8.06. The van der Waals surface area contributed by atoms with E-state index in [9.17, 15) is 5.11 Å². The fourth-order valence-electron chi connectivity index (χ4n) is 2.42. The minimum Gasteiger partial charge on any atom is -0.490 e. The van der Waals surface area contributed by atoms with Crippen LogP contribution in [0.2, 0.25) is 0 Å². The van der Waals surface area contributed by atoms with Gasteiger partial charge < -0.3 is 20.5 Å². The smallest absolute Gasteiger partial charge is 0.197 e. The quantitative estimate of drug-likeness (QED) is 0.854. The molecule has 0 aliphatic heterocycles. The normalized spacial score (nSPS) is 18.3. The fourth-order valence-corrected chi connectivity index (χ4v) is 3.17. The molecule has 17 heavy (non-hydrogen) atoms. The predicted octanol–water partition coefficient (Wildman–Crippen LogP) is 1.48. The number of nitrogen functional groups attached to an aromatic ring is 1. The summed E-state index contributed by atoms with van der Waals surface area (Å²) in [5, 5.41) is 11.2. The molecule has 0 amide bonds. The lowest BCUT2D eigenvalue weighted by Crippen LogP contribution is -2.39. The molecular formula is C11H19N3O2S. The van der Waals surface area contributed by atoms with Crippen LogP contribution < -0.4 is 15.4 Å². The van der Waals surface area contributed by atoms with E-state index < -0.39 is 5.60 Å². The molecule has 0 aromatic carbocycles. The Morgan fingerprint density at radius 1 is 1.53 bits per heavy atom. The van der Waals surface area contributed by atoms with Crippen molar-refractivity contribution < 1.29 is 9.84 Å². The van der Waals surface area contributed by atoms with Gasteiger partial charge in [0.05, 0.1) is 12.7 Å². The third kappa shape index (κ3) is 2.47. The Labute approximate surface area is 105 Å². The van der Waals surface area contributed by atoms with Gasteiger partial charge >= 0.3 is 0 Å². The van der Waals surface area contributed by atoms with E-state index in [-0.39, 0.29) is 0 Å². The number of rotatable bonds is 4. The number of nitrogens with two attached hydrogens (primary N) is 1. The zero-order chi connectivity index (χ0) is 12.5. The maximum absolute atomic E-state index is 10.4. The number of anilines is 2. The molecule has 6 heteroatoms. The van der Waals surface area contributed by atoms with Gasteiger partial charge in [0.15, 0.2) is 16.6 Å². The van der Waals surface area contributed by atoms with Crippen LogP contribution in [0.15, 0.2) is 0 Å². The van der Waals surface area contributed by atoms with Crippen LogP contribution in [-0.2, 0) is 0 Å². The topological polar surface area (TPSA) is 71.6 Å². The summed E-state index contributed by atoms with van der Waals surface area (Å²) < 4.78 is 9.31. The third-order valence-corrected chi connectivity index (χ3v) is 4.23. The second-order valence-corrected chi connectivity index (χ2v) is 5.45. The molecule has 1 aliphatic carbocycles. The van der Waals surface area contributed by atoms with E-state index in [0.29, 0.717) is 18.1 Å². The van der Waals surface area contributed by atoms with Crippen molar-refractivity contribution in [3.63, 3.8) is 0 Å². The number of hydrogen-bond acceptors (Lipinski definition) is 6. The standard InChI is InChI=1S/C11H19N3O2S/c1-14(7-11(15)5-3-4-6-11)10-8(16-2)9(12)13-17-10/h15H,3-7H2,1-2H3,(H2,12,13). The molecule has 0 radical (unpaired) electrons.